The van der Waals surface area contributed by atoms with Crippen LogP contribution in [0.4, 0.5) is 5.69 Å². The van der Waals surface area contributed by atoms with E-state index in [-0.39, 0.29) is 5.75 Å². The van der Waals surface area contributed by atoms with Gasteiger partial charge in [-0.25, -0.2) is 0 Å². The average molecular weight is 122 g/mol. The summed E-state index contributed by atoms with van der Waals surface area (Å²) in [5.74, 6) is 0.0434. The summed E-state index contributed by atoms with van der Waals surface area (Å²) in [5, 5.41) is 13.5. The highest BCUT2D eigenvalue weighted by atomic mass is 16.3. The lowest BCUT2D eigenvalue weighted by atomic mass is 10.3. The second kappa shape index (κ2) is 2.40. The number of rotatable bonds is 1. The van der Waals surface area contributed by atoms with Gasteiger partial charge in [-0.1, -0.05) is 12.1 Å². The highest BCUT2D eigenvalue weighted by molar-refractivity contribution is 5.46. The minimum absolute atomic E-state index is 0.0434. The van der Waals surface area contributed by atoms with Gasteiger partial charge < -0.3 is 10.4 Å². The van der Waals surface area contributed by atoms with Crippen LogP contribution in [0.15, 0.2) is 24.3 Å². The molecule has 1 rings (SSSR count). The predicted octanol–water partition coefficient (Wildman–Crippen LogP) is 0.802. The molecule has 0 atom stereocenters. The normalized spacial score (nSPS) is 9.00. The second-order valence-corrected chi connectivity index (χ2v) is 1.78. The minimum atomic E-state index is 0.0434. The van der Waals surface area contributed by atoms with E-state index in [0.29, 0.717) is 0 Å². The van der Waals surface area contributed by atoms with Crippen molar-refractivity contribution in [3.05, 3.63) is 24.3 Å². The van der Waals surface area contributed by atoms with Crippen LogP contribution in [0, 0.1) is 0 Å². The summed E-state index contributed by atoms with van der Waals surface area (Å²) >= 11 is 0. The third-order valence-electron chi connectivity index (χ3n) is 1.12. The van der Waals surface area contributed by atoms with Crippen LogP contribution in [0.5, 0.6) is 5.75 Å². The van der Waals surface area contributed by atoms with E-state index in [1.54, 1.807) is 19.2 Å². The van der Waals surface area contributed by atoms with Crippen LogP contribution in [0.3, 0.4) is 0 Å². The molecule has 0 aliphatic carbocycles. The summed E-state index contributed by atoms with van der Waals surface area (Å²) in [5.41, 5.74) is 0.863. The summed E-state index contributed by atoms with van der Waals surface area (Å²) < 4.78 is 0. The highest BCUT2D eigenvalue weighted by Gasteiger charge is 1.81. The maximum atomic E-state index is 10.6. The highest BCUT2D eigenvalue weighted by Crippen LogP contribution is 2.11. The van der Waals surface area contributed by atoms with Crippen LogP contribution in [0.25, 0.3) is 0 Å². The maximum Gasteiger partial charge on any atom is 0.0331 e. The number of hydrogen-bond acceptors (Lipinski definition) is 2. The van der Waals surface area contributed by atoms with Gasteiger partial charge in [0.15, 0.2) is 0 Å². The van der Waals surface area contributed by atoms with E-state index in [4.69, 9.17) is 0 Å². The van der Waals surface area contributed by atoms with Crippen molar-refractivity contribution < 1.29 is 5.11 Å². The first-order valence-corrected chi connectivity index (χ1v) is 2.78. The molecule has 0 radical (unpaired) electrons. The van der Waals surface area contributed by atoms with Gasteiger partial charge in [0.2, 0.25) is 0 Å². The van der Waals surface area contributed by atoms with Crippen LogP contribution < -0.4 is 10.4 Å². The lowest BCUT2D eigenvalue weighted by Gasteiger charge is -2.05. The average Bonchev–Trinajstić information content (AvgIpc) is 1.88. The minimum Gasteiger partial charge on any atom is -0.872 e. The summed E-state index contributed by atoms with van der Waals surface area (Å²) in [6.45, 7) is 0. The Morgan fingerprint density at radius 3 is 2.67 bits per heavy atom. The van der Waals surface area contributed by atoms with E-state index in [0.717, 1.165) is 5.69 Å². The zero-order chi connectivity index (χ0) is 6.69. The first-order valence-electron chi connectivity index (χ1n) is 2.78. The number of benzene rings is 1. The fraction of sp³-hybridized carbons (Fsp3) is 0.143. The molecule has 0 unspecified atom stereocenters. The van der Waals surface area contributed by atoms with Crippen molar-refractivity contribution in [2.24, 2.45) is 0 Å². The smallest absolute Gasteiger partial charge is 0.0331 e. The third kappa shape index (κ3) is 1.35. The Morgan fingerprint density at radius 2 is 2.22 bits per heavy atom. The lowest BCUT2D eigenvalue weighted by Crippen LogP contribution is -1.91. The molecule has 0 amide bonds. The van der Waals surface area contributed by atoms with Crippen LogP contribution in [-0.2, 0) is 0 Å². The molecule has 0 aliphatic rings. The molecule has 9 heavy (non-hydrogen) atoms. The van der Waals surface area contributed by atoms with Crippen molar-refractivity contribution >= 4 is 5.69 Å². The Kier molecular flexibility index (Phi) is 1.58. The molecular weight excluding hydrogens is 114 g/mol. The Hall–Kier alpha value is -1.18. The zero-order valence-electron chi connectivity index (χ0n) is 5.22. The summed E-state index contributed by atoms with van der Waals surface area (Å²) in [6, 6.07) is 6.66. The number of hydrogen-bond donors (Lipinski definition) is 1. The quantitative estimate of drug-likeness (QED) is 0.598. The van der Waals surface area contributed by atoms with Crippen LogP contribution in [-0.4, -0.2) is 7.05 Å². The second-order valence-electron chi connectivity index (χ2n) is 1.78. The molecule has 0 aromatic heterocycles. The first-order chi connectivity index (χ1) is 4.33. The Morgan fingerprint density at radius 1 is 1.44 bits per heavy atom. The van der Waals surface area contributed by atoms with Gasteiger partial charge in [0.25, 0.3) is 0 Å². The molecule has 48 valence electrons. The Balaban J connectivity index is 2.94. The predicted molar refractivity (Wildman–Crippen MR) is 35.4 cm³/mol. The molecule has 0 saturated heterocycles. The first kappa shape index (κ1) is 5.95. The summed E-state index contributed by atoms with van der Waals surface area (Å²) in [7, 11) is 1.79. The molecule has 2 nitrogen and oxygen atoms in total. The number of nitrogens with one attached hydrogen (secondary N) is 1. The molecular formula is C7H8NO-. The van der Waals surface area contributed by atoms with Crippen molar-refractivity contribution in [2.75, 3.05) is 12.4 Å². The van der Waals surface area contributed by atoms with E-state index in [1.165, 1.54) is 6.07 Å². The van der Waals surface area contributed by atoms with Gasteiger partial charge in [-0.15, -0.1) is 5.75 Å². The lowest BCUT2D eigenvalue weighted by molar-refractivity contribution is -0.268. The SMILES string of the molecule is CNc1cccc([O-])c1. The topological polar surface area (TPSA) is 35.1 Å². The van der Waals surface area contributed by atoms with E-state index in [1.807, 2.05) is 6.07 Å². The fourth-order valence-electron chi connectivity index (χ4n) is 0.652. The van der Waals surface area contributed by atoms with Gasteiger partial charge >= 0.3 is 0 Å². The molecule has 1 aromatic rings. The molecule has 1 N–H and O–H groups in total. The zero-order valence-corrected chi connectivity index (χ0v) is 5.22. The van der Waals surface area contributed by atoms with E-state index in [2.05, 4.69) is 5.32 Å². The molecule has 1 aromatic carbocycles. The van der Waals surface area contributed by atoms with Crippen LogP contribution in [0.2, 0.25) is 0 Å². The van der Waals surface area contributed by atoms with Gasteiger partial charge in [-0.3, -0.25) is 0 Å². The van der Waals surface area contributed by atoms with Gasteiger partial charge in [-0.05, 0) is 12.1 Å². The van der Waals surface area contributed by atoms with E-state index < -0.39 is 0 Å². The standard InChI is InChI=1S/C7H9NO/c1-8-6-3-2-4-7(9)5-6/h2-5,8-9H,1H3/p-1. The molecule has 2 heteroatoms. The molecule has 0 aliphatic heterocycles. The van der Waals surface area contributed by atoms with Gasteiger partial charge in [-0.2, -0.15) is 0 Å². The Bertz CT molecular complexity index is 198. The van der Waals surface area contributed by atoms with Gasteiger partial charge in [0.05, 0.1) is 0 Å². The Labute approximate surface area is 54.1 Å². The van der Waals surface area contributed by atoms with Crippen molar-refractivity contribution in [2.45, 2.75) is 0 Å². The maximum absolute atomic E-state index is 10.6. The van der Waals surface area contributed by atoms with Crippen molar-refractivity contribution in [1.82, 2.24) is 0 Å². The molecule has 0 saturated carbocycles. The summed E-state index contributed by atoms with van der Waals surface area (Å²) in [6.07, 6.45) is 0. The largest absolute Gasteiger partial charge is 0.872 e. The van der Waals surface area contributed by atoms with Crippen LogP contribution >= 0.6 is 0 Å². The van der Waals surface area contributed by atoms with Gasteiger partial charge in [0, 0.05) is 12.7 Å². The van der Waals surface area contributed by atoms with E-state index >= 15 is 0 Å². The third-order valence-corrected chi connectivity index (χ3v) is 1.12. The monoisotopic (exact) mass is 122 g/mol. The van der Waals surface area contributed by atoms with E-state index in [9.17, 15) is 5.11 Å². The fourth-order valence-corrected chi connectivity index (χ4v) is 0.652. The summed E-state index contributed by atoms with van der Waals surface area (Å²) in [4.78, 5) is 0. The van der Waals surface area contributed by atoms with Crippen molar-refractivity contribution in [3.63, 3.8) is 0 Å². The molecule has 0 fully saturated rings. The van der Waals surface area contributed by atoms with Crippen LogP contribution in [0.1, 0.15) is 0 Å². The molecule has 0 spiro atoms. The molecule has 0 bridgehead atoms. The van der Waals surface area contributed by atoms with Gasteiger partial charge in [0.1, 0.15) is 0 Å². The molecule has 0 heterocycles. The number of anilines is 1. The van der Waals surface area contributed by atoms with Crippen molar-refractivity contribution in [3.8, 4) is 5.75 Å². The van der Waals surface area contributed by atoms with Crippen molar-refractivity contribution in [1.29, 1.82) is 0 Å².